The van der Waals surface area contributed by atoms with E-state index < -0.39 is 0 Å². The minimum absolute atomic E-state index is 0.646. The average Bonchev–Trinajstić information content (AvgIpc) is 2.48. The van der Waals surface area contributed by atoms with Crippen LogP contribution in [0.5, 0.6) is 0 Å². The molecule has 1 aliphatic rings. The average molecular weight is 289 g/mol. The molecule has 0 bridgehead atoms. The van der Waals surface area contributed by atoms with Crippen LogP contribution in [-0.4, -0.2) is 44.7 Å². The molecule has 0 amide bonds. The minimum Gasteiger partial charge on any atom is -0.370 e. The summed E-state index contributed by atoms with van der Waals surface area (Å²) in [6, 6.07) is 7.56. The highest BCUT2D eigenvalue weighted by Crippen LogP contribution is 2.23. The molecule has 1 fully saturated rings. The van der Waals surface area contributed by atoms with Crippen molar-refractivity contribution in [1.29, 1.82) is 0 Å². The van der Waals surface area contributed by atoms with Gasteiger partial charge in [0.2, 0.25) is 0 Å². The van der Waals surface area contributed by atoms with Crippen molar-refractivity contribution in [2.75, 3.05) is 38.6 Å². The van der Waals surface area contributed by atoms with Gasteiger partial charge < -0.3 is 15.1 Å². The normalized spacial score (nSPS) is 19.7. The summed E-state index contributed by atoms with van der Waals surface area (Å²) >= 11 is 0. The quantitative estimate of drug-likeness (QED) is 0.812. The number of nitrogens with zero attached hydrogens (tertiary/aromatic N) is 2. The lowest BCUT2D eigenvalue weighted by Crippen LogP contribution is -2.45. The van der Waals surface area contributed by atoms with Crippen LogP contribution in [0.15, 0.2) is 18.2 Å². The van der Waals surface area contributed by atoms with Crippen molar-refractivity contribution in [3.05, 3.63) is 29.3 Å². The van der Waals surface area contributed by atoms with Gasteiger partial charge in [-0.1, -0.05) is 13.0 Å². The van der Waals surface area contributed by atoms with E-state index in [1.54, 1.807) is 0 Å². The number of piperidine rings is 1. The van der Waals surface area contributed by atoms with E-state index in [2.05, 4.69) is 61.3 Å². The number of hydrogen-bond donors (Lipinski definition) is 1. The molecular weight excluding hydrogens is 258 g/mol. The second kappa shape index (κ2) is 7.81. The Labute approximate surface area is 130 Å². The highest BCUT2D eigenvalue weighted by Gasteiger charge is 2.21. The molecule has 21 heavy (non-hydrogen) atoms. The number of benzene rings is 1. The van der Waals surface area contributed by atoms with E-state index >= 15 is 0 Å². The molecule has 1 aliphatic heterocycles. The smallest absolute Gasteiger partial charge is 0.0414 e. The van der Waals surface area contributed by atoms with Crippen LogP contribution in [0.3, 0.4) is 0 Å². The van der Waals surface area contributed by atoms with Crippen molar-refractivity contribution >= 4 is 5.69 Å². The number of likely N-dealkylation sites (tertiary alicyclic amines) is 1. The maximum Gasteiger partial charge on any atom is 0.0414 e. The van der Waals surface area contributed by atoms with Crippen LogP contribution in [0, 0.1) is 6.92 Å². The standard InChI is InChI=1S/C18H31N3/c1-5-10-19-13-16-8-9-17(12-15(16)2)21(4)18-7-6-11-20(3)14-18/h8-9,12,18-19H,5-7,10-11,13-14H2,1-4H3. The topological polar surface area (TPSA) is 18.5 Å². The molecule has 0 aliphatic carbocycles. The first-order valence-corrected chi connectivity index (χ1v) is 8.33. The van der Waals surface area contributed by atoms with Gasteiger partial charge in [0, 0.05) is 31.9 Å². The summed E-state index contributed by atoms with van der Waals surface area (Å²) in [6.45, 7) is 8.93. The van der Waals surface area contributed by atoms with Crippen LogP contribution < -0.4 is 10.2 Å². The minimum atomic E-state index is 0.646. The molecule has 1 heterocycles. The van der Waals surface area contributed by atoms with E-state index in [9.17, 15) is 0 Å². The first kappa shape index (κ1) is 16.3. The lowest BCUT2D eigenvalue weighted by molar-refractivity contribution is 0.248. The van der Waals surface area contributed by atoms with Crippen LogP contribution in [-0.2, 0) is 6.54 Å². The lowest BCUT2D eigenvalue weighted by Gasteiger charge is -2.37. The number of nitrogens with one attached hydrogen (secondary N) is 1. The molecule has 1 aromatic carbocycles. The van der Waals surface area contributed by atoms with Gasteiger partial charge in [0.1, 0.15) is 0 Å². The SMILES string of the molecule is CCCNCc1ccc(N(C)C2CCCN(C)C2)cc1C. The van der Waals surface area contributed by atoms with Gasteiger partial charge in [-0.15, -0.1) is 0 Å². The van der Waals surface area contributed by atoms with E-state index in [1.165, 1.54) is 49.2 Å². The lowest BCUT2D eigenvalue weighted by atomic mass is 10.0. The Morgan fingerprint density at radius 1 is 1.38 bits per heavy atom. The molecule has 1 saturated heterocycles. The summed E-state index contributed by atoms with van der Waals surface area (Å²) in [7, 11) is 4.47. The number of aryl methyl sites for hydroxylation is 1. The number of likely N-dealkylation sites (N-methyl/N-ethyl adjacent to an activating group) is 2. The molecule has 0 spiro atoms. The summed E-state index contributed by atoms with van der Waals surface area (Å²) < 4.78 is 0. The molecular formula is C18H31N3. The first-order valence-electron chi connectivity index (χ1n) is 8.33. The van der Waals surface area contributed by atoms with E-state index in [-0.39, 0.29) is 0 Å². The Balaban J connectivity index is 2.01. The highest BCUT2D eigenvalue weighted by molar-refractivity contribution is 5.51. The van der Waals surface area contributed by atoms with Crippen LogP contribution in [0.2, 0.25) is 0 Å². The van der Waals surface area contributed by atoms with Crippen molar-refractivity contribution in [2.24, 2.45) is 0 Å². The zero-order chi connectivity index (χ0) is 15.2. The summed E-state index contributed by atoms with van der Waals surface area (Å²) in [5.41, 5.74) is 4.17. The first-order chi connectivity index (χ1) is 10.1. The summed E-state index contributed by atoms with van der Waals surface area (Å²) in [5.74, 6) is 0. The van der Waals surface area contributed by atoms with Crippen molar-refractivity contribution in [3.8, 4) is 0 Å². The van der Waals surface area contributed by atoms with E-state index in [0.29, 0.717) is 6.04 Å². The molecule has 2 rings (SSSR count). The Morgan fingerprint density at radius 2 is 2.19 bits per heavy atom. The number of rotatable bonds is 6. The van der Waals surface area contributed by atoms with Gasteiger partial charge in [-0.2, -0.15) is 0 Å². The van der Waals surface area contributed by atoms with Crippen LogP contribution >= 0.6 is 0 Å². The third-order valence-corrected chi connectivity index (χ3v) is 4.62. The van der Waals surface area contributed by atoms with E-state index in [4.69, 9.17) is 0 Å². The predicted molar refractivity (Wildman–Crippen MR) is 92.1 cm³/mol. The number of anilines is 1. The zero-order valence-corrected chi connectivity index (χ0v) is 14.2. The third-order valence-electron chi connectivity index (χ3n) is 4.62. The van der Waals surface area contributed by atoms with Gasteiger partial charge in [-0.05, 0) is 69.6 Å². The van der Waals surface area contributed by atoms with Crippen LogP contribution in [0.25, 0.3) is 0 Å². The predicted octanol–water partition coefficient (Wildman–Crippen LogP) is 3.03. The van der Waals surface area contributed by atoms with E-state index in [0.717, 1.165) is 13.1 Å². The molecule has 0 saturated carbocycles. The Bertz CT molecular complexity index is 444. The van der Waals surface area contributed by atoms with Crippen LogP contribution in [0.1, 0.15) is 37.3 Å². The molecule has 3 heteroatoms. The molecule has 0 aromatic heterocycles. The zero-order valence-electron chi connectivity index (χ0n) is 14.2. The molecule has 1 unspecified atom stereocenters. The second-order valence-electron chi connectivity index (χ2n) is 6.46. The molecule has 3 nitrogen and oxygen atoms in total. The van der Waals surface area contributed by atoms with Crippen molar-refractivity contribution < 1.29 is 0 Å². The molecule has 1 aromatic rings. The van der Waals surface area contributed by atoms with Gasteiger partial charge in [-0.3, -0.25) is 0 Å². The van der Waals surface area contributed by atoms with Gasteiger partial charge in [-0.25, -0.2) is 0 Å². The maximum atomic E-state index is 3.49. The van der Waals surface area contributed by atoms with Crippen LogP contribution in [0.4, 0.5) is 5.69 Å². The molecule has 1 atom stereocenters. The summed E-state index contributed by atoms with van der Waals surface area (Å²) in [4.78, 5) is 4.91. The van der Waals surface area contributed by atoms with Gasteiger partial charge in [0.15, 0.2) is 0 Å². The van der Waals surface area contributed by atoms with Gasteiger partial charge >= 0.3 is 0 Å². The van der Waals surface area contributed by atoms with Crippen molar-refractivity contribution in [1.82, 2.24) is 10.2 Å². The van der Waals surface area contributed by atoms with Gasteiger partial charge in [0.05, 0.1) is 0 Å². The Morgan fingerprint density at radius 3 is 2.86 bits per heavy atom. The summed E-state index contributed by atoms with van der Waals surface area (Å²) in [6.07, 6.45) is 3.80. The Hall–Kier alpha value is -1.06. The largest absolute Gasteiger partial charge is 0.370 e. The number of hydrogen-bond acceptors (Lipinski definition) is 3. The fourth-order valence-electron chi connectivity index (χ4n) is 3.16. The molecule has 0 radical (unpaired) electrons. The monoisotopic (exact) mass is 289 g/mol. The van der Waals surface area contributed by atoms with E-state index in [1.807, 2.05) is 0 Å². The third kappa shape index (κ3) is 4.45. The van der Waals surface area contributed by atoms with Crippen molar-refractivity contribution in [3.63, 3.8) is 0 Å². The molecule has 118 valence electrons. The van der Waals surface area contributed by atoms with Gasteiger partial charge in [0.25, 0.3) is 0 Å². The highest BCUT2D eigenvalue weighted by atomic mass is 15.2. The van der Waals surface area contributed by atoms with Crippen molar-refractivity contribution in [2.45, 2.75) is 45.7 Å². The second-order valence-corrected chi connectivity index (χ2v) is 6.46. The fraction of sp³-hybridized carbons (Fsp3) is 0.667. The maximum absolute atomic E-state index is 3.49. The fourth-order valence-corrected chi connectivity index (χ4v) is 3.16. The Kier molecular flexibility index (Phi) is 6.07. The molecule has 1 N–H and O–H groups in total. The summed E-state index contributed by atoms with van der Waals surface area (Å²) in [5, 5.41) is 3.49.